The average Bonchev–Trinajstić information content (AvgIpc) is 2.29. The van der Waals surface area contributed by atoms with Gasteiger partial charge < -0.3 is 20.2 Å². The Balaban J connectivity index is 3.55. The van der Waals surface area contributed by atoms with Crippen molar-refractivity contribution in [3.8, 4) is 0 Å². The van der Waals surface area contributed by atoms with Gasteiger partial charge in [0.2, 0.25) is 0 Å². The molecule has 0 aromatic rings. The number of aliphatic hydroxyl groups excluding tert-OH is 1. The molecular formula is C13H31N3O. The lowest BCUT2D eigenvalue weighted by Gasteiger charge is -2.21. The molecule has 0 aliphatic carbocycles. The summed E-state index contributed by atoms with van der Waals surface area (Å²) in [6, 6.07) is 0.256. The van der Waals surface area contributed by atoms with Gasteiger partial charge in [-0.1, -0.05) is 6.92 Å². The van der Waals surface area contributed by atoms with Crippen LogP contribution in [0.4, 0.5) is 0 Å². The van der Waals surface area contributed by atoms with Crippen LogP contribution >= 0.6 is 0 Å². The van der Waals surface area contributed by atoms with Crippen molar-refractivity contribution in [3.05, 3.63) is 0 Å². The summed E-state index contributed by atoms with van der Waals surface area (Å²) < 4.78 is 0. The molecule has 1 unspecified atom stereocenters. The average molecular weight is 245 g/mol. The minimum Gasteiger partial charge on any atom is -0.395 e. The zero-order valence-corrected chi connectivity index (χ0v) is 12.1. The third-order valence-electron chi connectivity index (χ3n) is 2.91. The van der Waals surface area contributed by atoms with Crippen molar-refractivity contribution in [3.63, 3.8) is 0 Å². The lowest BCUT2D eigenvalue weighted by molar-refractivity contribution is 0.215. The summed E-state index contributed by atoms with van der Waals surface area (Å²) in [4.78, 5) is 4.56. The van der Waals surface area contributed by atoms with E-state index in [0.29, 0.717) is 0 Å². The van der Waals surface area contributed by atoms with Crippen LogP contribution in [0.5, 0.6) is 0 Å². The van der Waals surface area contributed by atoms with E-state index in [2.05, 4.69) is 43.2 Å². The molecule has 1 atom stereocenters. The molecule has 0 saturated carbocycles. The van der Waals surface area contributed by atoms with Crippen molar-refractivity contribution < 1.29 is 5.11 Å². The van der Waals surface area contributed by atoms with Crippen LogP contribution in [0.2, 0.25) is 0 Å². The smallest absolute Gasteiger partial charge is 0.0585 e. The number of hydrogen-bond acceptors (Lipinski definition) is 4. The Morgan fingerprint density at radius 2 is 1.82 bits per heavy atom. The van der Waals surface area contributed by atoms with Gasteiger partial charge in [0.15, 0.2) is 0 Å². The molecule has 0 bridgehead atoms. The molecule has 0 amide bonds. The first kappa shape index (κ1) is 16.8. The van der Waals surface area contributed by atoms with E-state index in [1.807, 2.05) is 0 Å². The van der Waals surface area contributed by atoms with E-state index in [1.54, 1.807) is 0 Å². The Morgan fingerprint density at radius 1 is 1.12 bits per heavy atom. The summed E-state index contributed by atoms with van der Waals surface area (Å²) in [5, 5.41) is 12.6. The molecule has 0 heterocycles. The van der Waals surface area contributed by atoms with Crippen LogP contribution in [-0.2, 0) is 0 Å². The molecule has 0 saturated heterocycles. The van der Waals surface area contributed by atoms with Gasteiger partial charge in [-0.25, -0.2) is 0 Å². The minimum atomic E-state index is 0.242. The Kier molecular flexibility index (Phi) is 10.9. The van der Waals surface area contributed by atoms with Gasteiger partial charge in [0, 0.05) is 6.04 Å². The third-order valence-corrected chi connectivity index (χ3v) is 2.91. The lowest BCUT2D eigenvalue weighted by Crippen LogP contribution is -2.36. The van der Waals surface area contributed by atoms with Crippen LogP contribution in [0, 0.1) is 0 Å². The highest BCUT2D eigenvalue weighted by Gasteiger charge is 2.07. The number of rotatable bonds is 11. The van der Waals surface area contributed by atoms with Gasteiger partial charge in [-0.15, -0.1) is 0 Å². The van der Waals surface area contributed by atoms with Crippen LogP contribution in [0.1, 0.15) is 26.2 Å². The fourth-order valence-electron chi connectivity index (χ4n) is 1.75. The fraction of sp³-hybridized carbons (Fsp3) is 1.00. The van der Waals surface area contributed by atoms with Crippen molar-refractivity contribution in [1.82, 2.24) is 15.1 Å². The van der Waals surface area contributed by atoms with Crippen LogP contribution < -0.4 is 5.32 Å². The van der Waals surface area contributed by atoms with Gasteiger partial charge in [-0.3, -0.25) is 0 Å². The molecule has 0 fully saturated rings. The maximum Gasteiger partial charge on any atom is 0.0585 e. The van der Waals surface area contributed by atoms with Crippen molar-refractivity contribution in [2.45, 2.75) is 32.2 Å². The summed E-state index contributed by atoms with van der Waals surface area (Å²) in [6.45, 7) is 6.71. The van der Waals surface area contributed by atoms with E-state index in [4.69, 9.17) is 0 Å². The number of aliphatic hydroxyl groups is 1. The van der Waals surface area contributed by atoms with Gasteiger partial charge >= 0.3 is 0 Å². The predicted molar refractivity (Wildman–Crippen MR) is 74.5 cm³/mol. The first-order valence-electron chi connectivity index (χ1n) is 6.77. The predicted octanol–water partition coefficient (Wildman–Crippen LogP) is 0.621. The molecule has 4 heteroatoms. The van der Waals surface area contributed by atoms with E-state index in [9.17, 15) is 5.11 Å². The SMILES string of the molecule is CCCNC(CO)CCN(C)CCCN(C)C. The quantitative estimate of drug-likeness (QED) is 0.560. The number of nitrogens with one attached hydrogen (secondary N) is 1. The molecule has 0 aromatic heterocycles. The molecule has 0 rings (SSSR count). The van der Waals surface area contributed by atoms with Crippen LogP contribution in [0.25, 0.3) is 0 Å². The van der Waals surface area contributed by atoms with E-state index in [0.717, 1.165) is 39.0 Å². The molecule has 0 aliphatic heterocycles. The maximum atomic E-state index is 9.23. The number of nitrogens with zero attached hydrogens (tertiary/aromatic N) is 2. The van der Waals surface area contributed by atoms with Crippen molar-refractivity contribution in [2.75, 3.05) is 53.9 Å². The molecule has 0 aromatic carbocycles. The normalized spacial score (nSPS) is 13.6. The topological polar surface area (TPSA) is 38.7 Å². The Morgan fingerprint density at radius 3 is 2.35 bits per heavy atom. The van der Waals surface area contributed by atoms with Gasteiger partial charge in [0.05, 0.1) is 6.61 Å². The van der Waals surface area contributed by atoms with Crippen molar-refractivity contribution >= 4 is 0 Å². The monoisotopic (exact) mass is 245 g/mol. The molecule has 17 heavy (non-hydrogen) atoms. The largest absolute Gasteiger partial charge is 0.395 e. The molecule has 104 valence electrons. The van der Waals surface area contributed by atoms with Gasteiger partial charge in [0.25, 0.3) is 0 Å². The second-order valence-corrected chi connectivity index (χ2v) is 5.08. The Bertz CT molecular complexity index is 165. The molecule has 0 aliphatic rings. The second kappa shape index (κ2) is 11.0. The zero-order chi connectivity index (χ0) is 13.1. The third kappa shape index (κ3) is 10.7. The fourth-order valence-corrected chi connectivity index (χ4v) is 1.75. The van der Waals surface area contributed by atoms with E-state index < -0.39 is 0 Å². The van der Waals surface area contributed by atoms with Gasteiger partial charge in [-0.2, -0.15) is 0 Å². The van der Waals surface area contributed by atoms with Crippen LogP contribution in [0.15, 0.2) is 0 Å². The maximum absolute atomic E-state index is 9.23. The first-order valence-corrected chi connectivity index (χ1v) is 6.77. The molecule has 0 radical (unpaired) electrons. The summed E-state index contributed by atoms with van der Waals surface area (Å²) in [7, 11) is 6.37. The van der Waals surface area contributed by atoms with E-state index >= 15 is 0 Å². The standard InChI is InChI=1S/C13H31N3O/c1-5-8-14-13(12-17)7-11-16(4)10-6-9-15(2)3/h13-14,17H,5-12H2,1-4H3. The van der Waals surface area contributed by atoms with Crippen molar-refractivity contribution in [1.29, 1.82) is 0 Å². The van der Waals surface area contributed by atoms with Crippen LogP contribution in [0.3, 0.4) is 0 Å². The Labute approximate surface area is 107 Å². The molecule has 0 spiro atoms. The highest BCUT2D eigenvalue weighted by Crippen LogP contribution is 1.96. The molecule has 2 N–H and O–H groups in total. The van der Waals surface area contributed by atoms with Crippen LogP contribution in [-0.4, -0.2) is 74.9 Å². The molecular weight excluding hydrogens is 214 g/mol. The first-order chi connectivity index (χ1) is 8.10. The minimum absolute atomic E-state index is 0.242. The van der Waals surface area contributed by atoms with Crippen molar-refractivity contribution in [2.24, 2.45) is 0 Å². The van der Waals surface area contributed by atoms with Gasteiger partial charge in [-0.05, 0) is 66.6 Å². The summed E-state index contributed by atoms with van der Waals surface area (Å²) >= 11 is 0. The summed E-state index contributed by atoms with van der Waals surface area (Å²) in [6.07, 6.45) is 3.35. The van der Waals surface area contributed by atoms with E-state index in [1.165, 1.54) is 6.42 Å². The zero-order valence-electron chi connectivity index (χ0n) is 12.1. The molecule has 4 nitrogen and oxygen atoms in total. The van der Waals surface area contributed by atoms with E-state index in [-0.39, 0.29) is 12.6 Å². The highest BCUT2D eigenvalue weighted by molar-refractivity contribution is 4.67. The summed E-state index contributed by atoms with van der Waals surface area (Å²) in [5.74, 6) is 0. The lowest BCUT2D eigenvalue weighted by atomic mass is 10.2. The summed E-state index contributed by atoms with van der Waals surface area (Å²) in [5.41, 5.74) is 0. The Hall–Kier alpha value is -0.160. The highest BCUT2D eigenvalue weighted by atomic mass is 16.3. The second-order valence-electron chi connectivity index (χ2n) is 5.08. The van der Waals surface area contributed by atoms with Gasteiger partial charge in [0.1, 0.15) is 0 Å². The number of hydrogen-bond donors (Lipinski definition) is 2.